The van der Waals surface area contributed by atoms with Crippen LogP contribution in [0.3, 0.4) is 0 Å². The standard InChI is InChI=1S/C10H13N3O/c1-6-2-3-7(5-12-6)10(14)13-9-4-8(9)11/h2-3,5,8-9H,4,11H2,1H3,(H,13,14). The summed E-state index contributed by atoms with van der Waals surface area (Å²) in [6.07, 6.45) is 2.46. The number of carbonyl (C=O) groups excluding carboxylic acids is 1. The van der Waals surface area contributed by atoms with Crippen LogP contribution in [0.4, 0.5) is 0 Å². The van der Waals surface area contributed by atoms with Crippen LogP contribution in [-0.4, -0.2) is 23.0 Å². The van der Waals surface area contributed by atoms with Gasteiger partial charge in [-0.3, -0.25) is 9.78 Å². The van der Waals surface area contributed by atoms with Crippen molar-refractivity contribution in [3.05, 3.63) is 29.6 Å². The Morgan fingerprint density at radius 1 is 1.64 bits per heavy atom. The molecule has 2 unspecified atom stereocenters. The SMILES string of the molecule is Cc1ccc(C(=O)NC2CC2N)cn1. The second kappa shape index (κ2) is 3.38. The highest BCUT2D eigenvalue weighted by atomic mass is 16.1. The Kier molecular flexibility index (Phi) is 2.21. The van der Waals surface area contributed by atoms with Gasteiger partial charge in [-0.1, -0.05) is 0 Å². The first kappa shape index (κ1) is 9.15. The number of nitrogens with two attached hydrogens (primary N) is 1. The average molecular weight is 191 g/mol. The molecule has 2 atom stereocenters. The molecule has 1 saturated carbocycles. The topological polar surface area (TPSA) is 68.0 Å². The van der Waals surface area contributed by atoms with Gasteiger partial charge in [0.05, 0.1) is 5.56 Å². The van der Waals surface area contributed by atoms with Crippen molar-refractivity contribution in [2.24, 2.45) is 5.73 Å². The van der Waals surface area contributed by atoms with Crippen molar-refractivity contribution in [1.82, 2.24) is 10.3 Å². The van der Waals surface area contributed by atoms with Crippen LogP contribution in [0, 0.1) is 6.92 Å². The summed E-state index contributed by atoms with van der Waals surface area (Å²) < 4.78 is 0. The van der Waals surface area contributed by atoms with E-state index in [0.29, 0.717) is 5.56 Å². The molecule has 14 heavy (non-hydrogen) atoms. The van der Waals surface area contributed by atoms with Crippen molar-refractivity contribution in [2.75, 3.05) is 0 Å². The molecule has 0 radical (unpaired) electrons. The number of nitrogens with one attached hydrogen (secondary N) is 1. The number of hydrogen-bond donors (Lipinski definition) is 2. The van der Waals surface area contributed by atoms with Crippen molar-refractivity contribution < 1.29 is 4.79 Å². The first-order valence-corrected chi connectivity index (χ1v) is 4.66. The maximum Gasteiger partial charge on any atom is 0.253 e. The average Bonchev–Trinajstić information content (AvgIpc) is 2.82. The lowest BCUT2D eigenvalue weighted by Gasteiger charge is -2.02. The van der Waals surface area contributed by atoms with E-state index in [1.165, 1.54) is 0 Å². The third-order valence-corrected chi connectivity index (χ3v) is 2.33. The van der Waals surface area contributed by atoms with Crippen LogP contribution >= 0.6 is 0 Å². The van der Waals surface area contributed by atoms with E-state index in [1.54, 1.807) is 12.3 Å². The van der Waals surface area contributed by atoms with Gasteiger partial charge in [-0.25, -0.2) is 0 Å². The largest absolute Gasteiger partial charge is 0.348 e. The number of amides is 1. The van der Waals surface area contributed by atoms with Crippen LogP contribution in [0.5, 0.6) is 0 Å². The van der Waals surface area contributed by atoms with Gasteiger partial charge in [0.1, 0.15) is 0 Å². The Labute approximate surface area is 82.5 Å². The molecule has 2 rings (SSSR count). The Balaban J connectivity index is 2.00. The van der Waals surface area contributed by atoms with Gasteiger partial charge in [-0.05, 0) is 25.5 Å². The summed E-state index contributed by atoms with van der Waals surface area (Å²) >= 11 is 0. The summed E-state index contributed by atoms with van der Waals surface area (Å²) in [5.41, 5.74) is 7.09. The summed E-state index contributed by atoms with van der Waals surface area (Å²) in [5, 5.41) is 2.84. The zero-order valence-corrected chi connectivity index (χ0v) is 8.03. The fourth-order valence-electron chi connectivity index (χ4n) is 1.23. The van der Waals surface area contributed by atoms with E-state index in [1.807, 2.05) is 13.0 Å². The van der Waals surface area contributed by atoms with Gasteiger partial charge in [0.25, 0.3) is 5.91 Å². The maximum atomic E-state index is 11.5. The summed E-state index contributed by atoms with van der Waals surface area (Å²) in [4.78, 5) is 15.6. The van der Waals surface area contributed by atoms with E-state index >= 15 is 0 Å². The number of aryl methyl sites for hydroxylation is 1. The number of pyridine rings is 1. The van der Waals surface area contributed by atoms with Gasteiger partial charge < -0.3 is 11.1 Å². The normalized spacial score (nSPS) is 24.4. The van der Waals surface area contributed by atoms with E-state index in [4.69, 9.17) is 5.73 Å². The van der Waals surface area contributed by atoms with E-state index in [0.717, 1.165) is 12.1 Å². The lowest BCUT2D eigenvalue weighted by molar-refractivity contribution is 0.0950. The van der Waals surface area contributed by atoms with Crippen LogP contribution in [0.25, 0.3) is 0 Å². The van der Waals surface area contributed by atoms with Gasteiger partial charge in [-0.2, -0.15) is 0 Å². The minimum atomic E-state index is -0.0875. The minimum absolute atomic E-state index is 0.0875. The van der Waals surface area contributed by atoms with Crippen molar-refractivity contribution in [3.8, 4) is 0 Å². The number of rotatable bonds is 2. The molecule has 74 valence electrons. The number of aromatic nitrogens is 1. The van der Waals surface area contributed by atoms with E-state index in [9.17, 15) is 4.79 Å². The molecule has 0 saturated heterocycles. The summed E-state index contributed by atoms with van der Waals surface area (Å²) in [7, 11) is 0. The Bertz CT molecular complexity index is 347. The lowest BCUT2D eigenvalue weighted by atomic mass is 10.2. The molecule has 1 amide bonds. The molecule has 1 aliphatic carbocycles. The zero-order chi connectivity index (χ0) is 10.1. The highest BCUT2D eigenvalue weighted by Crippen LogP contribution is 2.18. The fourth-order valence-corrected chi connectivity index (χ4v) is 1.23. The molecule has 1 fully saturated rings. The molecular weight excluding hydrogens is 178 g/mol. The van der Waals surface area contributed by atoms with Gasteiger partial charge >= 0.3 is 0 Å². The van der Waals surface area contributed by atoms with Crippen LogP contribution in [-0.2, 0) is 0 Å². The van der Waals surface area contributed by atoms with Crippen LogP contribution in [0.2, 0.25) is 0 Å². The highest BCUT2D eigenvalue weighted by molar-refractivity contribution is 5.94. The molecule has 3 N–H and O–H groups in total. The second-order valence-electron chi connectivity index (χ2n) is 3.67. The number of nitrogens with zero attached hydrogens (tertiary/aromatic N) is 1. The molecule has 1 aromatic rings. The smallest absolute Gasteiger partial charge is 0.253 e. The van der Waals surface area contributed by atoms with E-state index in [-0.39, 0.29) is 18.0 Å². The highest BCUT2D eigenvalue weighted by Gasteiger charge is 2.34. The summed E-state index contributed by atoms with van der Waals surface area (Å²) in [6, 6.07) is 3.88. The van der Waals surface area contributed by atoms with Crippen LogP contribution in [0.15, 0.2) is 18.3 Å². The third-order valence-electron chi connectivity index (χ3n) is 2.33. The first-order chi connectivity index (χ1) is 6.66. The number of carbonyl (C=O) groups is 1. The van der Waals surface area contributed by atoms with Gasteiger partial charge in [-0.15, -0.1) is 0 Å². The molecule has 1 heterocycles. The third kappa shape index (κ3) is 1.90. The van der Waals surface area contributed by atoms with Crippen molar-refractivity contribution in [3.63, 3.8) is 0 Å². The zero-order valence-electron chi connectivity index (χ0n) is 8.03. The molecule has 0 aliphatic heterocycles. The molecular formula is C10H13N3O. The summed E-state index contributed by atoms with van der Waals surface area (Å²) in [5.74, 6) is -0.0875. The fraction of sp³-hybridized carbons (Fsp3) is 0.400. The van der Waals surface area contributed by atoms with Crippen molar-refractivity contribution >= 4 is 5.91 Å². The molecule has 0 bridgehead atoms. The van der Waals surface area contributed by atoms with Crippen LogP contribution in [0.1, 0.15) is 22.5 Å². The molecule has 1 aliphatic rings. The monoisotopic (exact) mass is 191 g/mol. The Hall–Kier alpha value is -1.42. The van der Waals surface area contributed by atoms with Crippen molar-refractivity contribution in [1.29, 1.82) is 0 Å². The molecule has 4 heteroatoms. The molecule has 0 spiro atoms. The molecule has 0 aromatic carbocycles. The first-order valence-electron chi connectivity index (χ1n) is 4.66. The molecule has 1 aromatic heterocycles. The van der Waals surface area contributed by atoms with Gasteiger partial charge in [0, 0.05) is 24.0 Å². The minimum Gasteiger partial charge on any atom is -0.348 e. The Morgan fingerprint density at radius 3 is 2.86 bits per heavy atom. The number of hydrogen-bond acceptors (Lipinski definition) is 3. The Morgan fingerprint density at radius 2 is 2.36 bits per heavy atom. The van der Waals surface area contributed by atoms with E-state index in [2.05, 4.69) is 10.3 Å². The molecule has 4 nitrogen and oxygen atoms in total. The van der Waals surface area contributed by atoms with Crippen molar-refractivity contribution in [2.45, 2.75) is 25.4 Å². The van der Waals surface area contributed by atoms with Gasteiger partial charge in [0.15, 0.2) is 0 Å². The quantitative estimate of drug-likeness (QED) is 0.702. The van der Waals surface area contributed by atoms with Crippen LogP contribution < -0.4 is 11.1 Å². The van der Waals surface area contributed by atoms with Gasteiger partial charge in [0.2, 0.25) is 0 Å². The van der Waals surface area contributed by atoms with E-state index < -0.39 is 0 Å². The summed E-state index contributed by atoms with van der Waals surface area (Å²) in [6.45, 7) is 1.89. The predicted octanol–water partition coefficient (Wildman–Crippen LogP) is 0.219. The predicted molar refractivity (Wildman–Crippen MR) is 52.8 cm³/mol. The maximum absolute atomic E-state index is 11.5. The lowest BCUT2D eigenvalue weighted by Crippen LogP contribution is -2.29. The second-order valence-corrected chi connectivity index (χ2v) is 3.67.